The highest BCUT2D eigenvalue weighted by atomic mass is 35.5. The standard InChI is InChI=1S/C30H26ClN3O4/c1-38-30(37)21-13-14-27(33-15-17-34(18-16-33)29(36)20-7-3-2-4-8-20)26(19-21)32-28(35)24-11-5-10-23-22(24)9-6-12-25(23)31/h2-14,19H,15-18H2,1H3,(H,32,35). The first-order valence-corrected chi connectivity index (χ1v) is 12.6. The molecule has 1 aliphatic rings. The Labute approximate surface area is 225 Å². The van der Waals surface area contributed by atoms with Crippen LogP contribution in [0.15, 0.2) is 84.9 Å². The zero-order valence-electron chi connectivity index (χ0n) is 20.8. The van der Waals surface area contributed by atoms with E-state index < -0.39 is 5.97 Å². The maximum atomic E-state index is 13.5. The zero-order chi connectivity index (χ0) is 26.6. The summed E-state index contributed by atoms with van der Waals surface area (Å²) in [6, 6.07) is 25.2. The van der Waals surface area contributed by atoms with Crippen molar-refractivity contribution in [3.63, 3.8) is 0 Å². The Kier molecular flexibility index (Phi) is 7.29. The van der Waals surface area contributed by atoms with Crippen LogP contribution >= 0.6 is 11.6 Å². The first-order chi connectivity index (χ1) is 18.5. The van der Waals surface area contributed by atoms with Crippen molar-refractivity contribution in [2.24, 2.45) is 0 Å². The maximum Gasteiger partial charge on any atom is 0.337 e. The first kappa shape index (κ1) is 25.3. The topological polar surface area (TPSA) is 79.0 Å². The number of esters is 1. The second-order valence-electron chi connectivity index (χ2n) is 8.96. The van der Waals surface area contributed by atoms with E-state index in [2.05, 4.69) is 10.2 Å². The van der Waals surface area contributed by atoms with Gasteiger partial charge in [0.1, 0.15) is 0 Å². The number of nitrogens with zero attached hydrogens (tertiary/aromatic N) is 2. The summed E-state index contributed by atoms with van der Waals surface area (Å²) in [5.41, 5.74) is 2.70. The quantitative estimate of drug-likeness (QED) is 0.347. The van der Waals surface area contributed by atoms with E-state index in [0.29, 0.717) is 53.6 Å². The molecule has 2 amide bonds. The molecule has 0 unspecified atom stereocenters. The molecule has 1 N–H and O–H groups in total. The van der Waals surface area contributed by atoms with Crippen LogP contribution in [0.5, 0.6) is 0 Å². The normalized spacial score (nSPS) is 13.3. The number of carbonyl (C=O) groups is 3. The fourth-order valence-corrected chi connectivity index (χ4v) is 4.97. The van der Waals surface area contributed by atoms with Gasteiger partial charge in [-0.3, -0.25) is 9.59 Å². The molecule has 1 fully saturated rings. The Morgan fingerprint density at radius 3 is 2.24 bits per heavy atom. The summed E-state index contributed by atoms with van der Waals surface area (Å²) in [5, 5.41) is 5.08. The molecular weight excluding hydrogens is 502 g/mol. The minimum absolute atomic E-state index is 0.00516. The van der Waals surface area contributed by atoms with Crippen LogP contribution in [0.2, 0.25) is 5.02 Å². The number of nitrogens with one attached hydrogen (secondary N) is 1. The van der Waals surface area contributed by atoms with Crippen LogP contribution in [0.25, 0.3) is 10.8 Å². The van der Waals surface area contributed by atoms with Gasteiger partial charge in [0.05, 0.1) is 24.0 Å². The molecule has 0 aliphatic carbocycles. The van der Waals surface area contributed by atoms with Crippen LogP contribution in [0.4, 0.5) is 11.4 Å². The molecule has 4 aromatic rings. The van der Waals surface area contributed by atoms with Gasteiger partial charge in [0.25, 0.3) is 11.8 Å². The predicted octanol–water partition coefficient (Wildman–Crippen LogP) is 5.49. The zero-order valence-corrected chi connectivity index (χ0v) is 21.6. The molecule has 0 atom stereocenters. The summed E-state index contributed by atoms with van der Waals surface area (Å²) in [4.78, 5) is 42.6. The van der Waals surface area contributed by atoms with E-state index in [1.807, 2.05) is 47.4 Å². The molecule has 0 saturated carbocycles. The number of fused-ring (bicyclic) bond motifs is 1. The number of anilines is 2. The van der Waals surface area contributed by atoms with Gasteiger partial charge in [-0.05, 0) is 47.9 Å². The van der Waals surface area contributed by atoms with Crippen LogP contribution in [-0.2, 0) is 4.74 Å². The van der Waals surface area contributed by atoms with Crippen LogP contribution in [0.1, 0.15) is 31.1 Å². The van der Waals surface area contributed by atoms with Gasteiger partial charge < -0.3 is 19.9 Å². The number of carbonyl (C=O) groups excluding carboxylic acids is 3. The van der Waals surface area contributed by atoms with Crippen molar-refractivity contribution >= 4 is 51.5 Å². The van der Waals surface area contributed by atoms with E-state index in [9.17, 15) is 14.4 Å². The molecule has 0 spiro atoms. The van der Waals surface area contributed by atoms with Gasteiger partial charge >= 0.3 is 5.97 Å². The van der Waals surface area contributed by atoms with Crippen LogP contribution < -0.4 is 10.2 Å². The Bertz CT molecular complexity index is 1510. The van der Waals surface area contributed by atoms with E-state index >= 15 is 0 Å². The molecule has 5 rings (SSSR count). The summed E-state index contributed by atoms with van der Waals surface area (Å²) in [7, 11) is 1.32. The number of benzene rings is 4. The monoisotopic (exact) mass is 527 g/mol. The summed E-state index contributed by atoms with van der Waals surface area (Å²) in [5.74, 6) is -0.823. The average molecular weight is 528 g/mol. The highest BCUT2D eigenvalue weighted by Crippen LogP contribution is 2.31. The van der Waals surface area contributed by atoms with E-state index in [1.165, 1.54) is 7.11 Å². The lowest BCUT2D eigenvalue weighted by molar-refractivity contribution is 0.0600. The van der Waals surface area contributed by atoms with E-state index in [1.54, 1.807) is 42.5 Å². The molecule has 192 valence electrons. The van der Waals surface area contributed by atoms with Crippen molar-refractivity contribution in [2.45, 2.75) is 0 Å². The second kappa shape index (κ2) is 10.9. The molecule has 0 radical (unpaired) electrons. The lowest BCUT2D eigenvalue weighted by Gasteiger charge is -2.37. The number of amides is 2. The minimum Gasteiger partial charge on any atom is -0.465 e. The van der Waals surface area contributed by atoms with E-state index in [-0.39, 0.29) is 11.8 Å². The highest BCUT2D eigenvalue weighted by molar-refractivity contribution is 6.36. The number of hydrogen-bond acceptors (Lipinski definition) is 5. The number of rotatable bonds is 5. The van der Waals surface area contributed by atoms with Crippen molar-refractivity contribution in [3.05, 3.63) is 107 Å². The molecule has 7 nitrogen and oxygen atoms in total. The van der Waals surface area contributed by atoms with Crippen LogP contribution in [-0.4, -0.2) is 56.0 Å². The largest absolute Gasteiger partial charge is 0.465 e. The molecule has 0 bridgehead atoms. The molecule has 1 aliphatic heterocycles. The van der Waals surface area contributed by atoms with E-state index in [4.69, 9.17) is 16.3 Å². The number of halogens is 1. The van der Waals surface area contributed by atoms with Gasteiger partial charge in [-0.15, -0.1) is 0 Å². The lowest BCUT2D eigenvalue weighted by Crippen LogP contribution is -2.49. The number of methoxy groups -OCH3 is 1. The van der Waals surface area contributed by atoms with Gasteiger partial charge in [0.15, 0.2) is 0 Å². The van der Waals surface area contributed by atoms with Gasteiger partial charge in [0.2, 0.25) is 0 Å². The fourth-order valence-electron chi connectivity index (χ4n) is 4.73. The summed E-state index contributed by atoms with van der Waals surface area (Å²) < 4.78 is 4.90. The molecular formula is C30H26ClN3O4. The SMILES string of the molecule is COC(=O)c1ccc(N2CCN(C(=O)c3ccccc3)CC2)c(NC(=O)c2cccc3c(Cl)cccc23)c1. The highest BCUT2D eigenvalue weighted by Gasteiger charge is 2.25. The van der Waals surface area contributed by atoms with Crippen molar-refractivity contribution < 1.29 is 19.1 Å². The third kappa shape index (κ3) is 5.06. The summed E-state index contributed by atoms with van der Waals surface area (Å²) >= 11 is 6.35. The van der Waals surface area contributed by atoms with Gasteiger partial charge in [0, 0.05) is 47.7 Å². The fraction of sp³-hybridized carbons (Fsp3) is 0.167. The Hall–Kier alpha value is -4.36. The molecule has 1 heterocycles. The van der Waals surface area contributed by atoms with Crippen LogP contribution in [0, 0.1) is 0 Å². The van der Waals surface area contributed by atoms with Gasteiger partial charge in [-0.2, -0.15) is 0 Å². The van der Waals surface area contributed by atoms with Crippen molar-refractivity contribution in [3.8, 4) is 0 Å². The Balaban J connectivity index is 1.41. The second-order valence-corrected chi connectivity index (χ2v) is 9.37. The summed E-state index contributed by atoms with van der Waals surface area (Å²) in [6.07, 6.45) is 0. The number of hydrogen-bond donors (Lipinski definition) is 1. The average Bonchev–Trinajstić information content (AvgIpc) is 2.97. The van der Waals surface area contributed by atoms with Crippen LogP contribution in [0.3, 0.4) is 0 Å². The predicted molar refractivity (Wildman–Crippen MR) is 149 cm³/mol. The van der Waals surface area contributed by atoms with Gasteiger partial charge in [-0.25, -0.2) is 4.79 Å². The number of ether oxygens (including phenoxy) is 1. The molecule has 38 heavy (non-hydrogen) atoms. The maximum absolute atomic E-state index is 13.5. The summed E-state index contributed by atoms with van der Waals surface area (Å²) in [6.45, 7) is 2.20. The third-order valence-electron chi connectivity index (χ3n) is 6.71. The van der Waals surface area contributed by atoms with Gasteiger partial charge in [-0.1, -0.05) is 54.1 Å². The van der Waals surface area contributed by atoms with E-state index in [0.717, 1.165) is 16.5 Å². The first-order valence-electron chi connectivity index (χ1n) is 12.3. The lowest BCUT2D eigenvalue weighted by atomic mass is 10.0. The Morgan fingerprint density at radius 2 is 1.50 bits per heavy atom. The van der Waals surface area contributed by atoms with Crippen molar-refractivity contribution in [2.75, 3.05) is 43.5 Å². The molecule has 1 saturated heterocycles. The minimum atomic E-state index is -0.498. The smallest absolute Gasteiger partial charge is 0.337 e. The molecule has 8 heteroatoms. The van der Waals surface area contributed by atoms with Crippen molar-refractivity contribution in [1.82, 2.24) is 4.90 Å². The molecule has 4 aromatic carbocycles. The Morgan fingerprint density at radius 1 is 0.789 bits per heavy atom. The number of piperazine rings is 1. The molecule has 0 aromatic heterocycles. The third-order valence-corrected chi connectivity index (χ3v) is 7.04. The van der Waals surface area contributed by atoms with Crippen molar-refractivity contribution in [1.29, 1.82) is 0 Å².